The highest BCUT2D eigenvalue weighted by Gasteiger charge is 2.46. The number of rotatable bonds is 3. The van der Waals surface area contributed by atoms with E-state index in [2.05, 4.69) is 0 Å². The van der Waals surface area contributed by atoms with Crippen LogP contribution in [-0.4, -0.2) is 27.9 Å². The summed E-state index contributed by atoms with van der Waals surface area (Å²) >= 11 is 0. The van der Waals surface area contributed by atoms with Crippen LogP contribution in [0.1, 0.15) is 28.7 Å². The number of aliphatic carboxylic acids is 1. The maximum absolute atomic E-state index is 11.8. The second-order valence-corrected chi connectivity index (χ2v) is 5.67. The number of hydrogen-bond donors (Lipinski definition) is 3. The van der Waals surface area contributed by atoms with Crippen LogP contribution >= 0.6 is 0 Å². The Morgan fingerprint density at radius 3 is 2.14 bits per heavy atom. The van der Waals surface area contributed by atoms with Crippen molar-refractivity contribution in [1.82, 2.24) is 0 Å². The van der Waals surface area contributed by atoms with Crippen LogP contribution in [0, 0.1) is 11.8 Å². The fourth-order valence-corrected chi connectivity index (χ4v) is 3.52. The van der Waals surface area contributed by atoms with Gasteiger partial charge in [0.2, 0.25) is 0 Å². The molecule has 4 nitrogen and oxygen atoms in total. The monoisotopic (exact) mass is 298 g/mol. The first-order chi connectivity index (χ1) is 10.6. The number of aliphatic hydroxyl groups is 2. The molecule has 0 spiro atoms. The van der Waals surface area contributed by atoms with Gasteiger partial charge in [0.1, 0.15) is 0 Å². The molecule has 0 bridgehead atoms. The molecule has 0 aromatic heterocycles. The predicted molar refractivity (Wildman–Crippen MR) is 81.4 cm³/mol. The summed E-state index contributed by atoms with van der Waals surface area (Å²) in [7, 11) is 0. The summed E-state index contributed by atoms with van der Waals surface area (Å²) in [5.74, 6) is -2.97. The Morgan fingerprint density at radius 1 is 0.955 bits per heavy atom. The smallest absolute Gasteiger partial charge is 0.307 e. The van der Waals surface area contributed by atoms with Crippen LogP contribution in [0.5, 0.6) is 0 Å². The summed E-state index contributed by atoms with van der Waals surface area (Å²) in [6.45, 7) is -0.365. The lowest BCUT2D eigenvalue weighted by atomic mass is 9.65. The summed E-state index contributed by atoms with van der Waals surface area (Å²) < 4.78 is 0. The Balaban J connectivity index is 2.22. The van der Waals surface area contributed by atoms with Gasteiger partial charge < -0.3 is 15.3 Å². The molecule has 0 radical (unpaired) electrons. The lowest BCUT2D eigenvalue weighted by molar-refractivity contribution is -0.148. The number of carboxylic acid groups (broad SMARTS) is 1. The first-order valence-corrected chi connectivity index (χ1v) is 7.30. The van der Waals surface area contributed by atoms with Crippen LogP contribution in [0.25, 0.3) is 0 Å². The summed E-state index contributed by atoms with van der Waals surface area (Å²) in [6, 6.07) is 16.7. The van der Waals surface area contributed by atoms with E-state index in [-0.39, 0.29) is 12.5 Å². The third-order valence-corrected chi connectivity index (χ3v) is 4.53. The van der Waals surface area contributed by atoms with E-state index in [0.29, 0.717) is 5.56 Å². The zero-order chi connectivity index (χ0) is 15.7. The van der Waals surface area contributed by atoms with Crippen molar-refractivity contribution in [3.63, 3.8) is 0 Å². The molecule has 0 heterocycles. The summed E-state index contributed by atoms with van der Waals surface area (Å²) in [5, 5.41) is 29.8. The van der Waals surface area contributed by atoms with E-state index in [9.17, 15) is 20.1 Å². The average molecular weight is 298 g/mol. The molecule has 0 amide bonds. The van der Waals surface area contributed by atoms with Gasteiger partial charge in [-0.1, -0.05) is 54.6 Å². The fraction of sp³-hybridized carbons (Fsp3) is 0.278. The SMILES string of the molecule is O=C(O)[C@@H]1[C@H](c2ccccc2)c2ccccc2[C@H](O)[C@@H]1CO. The van der Waals surface area contributed by atoms with Crippen molar-refractivity contribution in [2.45, 2.75) is 12.0 Å². The highest BCUT2D eigenvalue weighted by atomic mass is 16.4. The minimum Gasteiger partial charge on any atom is -0.481 e. The molecule has 0 unspecified atom stereocenters. The Morgan fingerprint density at radius 2 is 1.55 bits per heavy atom. The molecule has 4 heteroatoms. The Labute approximate surface area is 128 Å². The summed E-state index contributed by atoms with van der Waals surface area (Å²) in [6.07, 6.45) is -0.970. The van der Waals surface area contributed by atoms with Gasteiger partial charge in [-0.2, -0.15) is 0 Å². The number of fused-ring (bicyclic) bond motifs is 1. The molecule has 0 saturated carbocycles. The van der Waals surface area contributed by atoms with E-state index in [1.54, 1.807) is 6.07 Å². The number of carboxylic acids is 1. The minimum absolute atomic E-state index is 0.365. The Hall–Kier alpha value is -2.17. The van der Waals surface area contributed by atoms with Crippen molar-refractivity contribution >= 4 is 5.97 Å². The molecule has 4 atom stereocenters. The number of aliphatic hydroxyl groups excluding tert-OH is 2. The third kappa shape index (κ3) is 2.30. The maximum atomic E-state index is 11.8. The average Bonchev–Trinajstić information content (AvgIpc) is 2.55. The van der Waals surface area contributed by atoms with Crippen molar-refractivity contribution in [2.75, 3.05) is 6.61 Å². The second kappa shape index (κ2) is 5.91. The van der Waals surface area contributed by atoms with E-state index < -0.39 is 23.9 Å². The lowest BCUT2D eigenvalue weighted by Crippen LogP contribution is -2.40. The molecular formula is C18H18O4. The van der Waals surface area contributed by atoms with Gasteiger partial charge in [-0.3, -0.25) is 4.79 Å². The van der Waals surface area contributed by atoms with E-state index in [0.717, 1.165) is 11.1 Å². The van der Waals surface area contributed by atoms with E-state index >= 15 is 0 Å². The molecule has 114 valence electrons. The molecule has 2 aromatic carbocycles. The summed E-state index contributed by atoms with van der Waals surface area (Å²) in [5.41, 5.74) is 2.40. The van der Waals surface area contributed by atoms with Gasteiger partial charge in [0.15, 0.2) is 0 Å². The summed E-state index contributed by atoms with van der Waals surface area (Å²) in [4.78, 5) is 11.8. The van der Waals surface area contributed by atoms with Gasteiger partial charge in [-0.05, 0) is 16.7 Å². The van der Waals surface area contributed by atoms with E-state index in [1.807, 2.05) is 48.5 Å². The molecule has 3 N–H and O–H groups in total. The third-order valence-electron chi connectivity index (χ3n) is 4.53. The molecule has 1 aliphatic rings. The van der Waals surface area contributed by atoms with Gasteiger partial charge in [0.05, 0.1) is 12.0 Å². The topological polar surface area (TPSA) is 77.8 Å². The maximum Gasteiger partial charge on any atom is 0.307 e. The van der Waals surface area contributed by atoms with Crippen molar-refractivity contribution in [1.29, 1.82) is 0 Å². The highest BCUT2D eigenvalue weighted by molar-refractivity contribution is 5.74. The molecular weight excluding hydrogens is 280 g/mol. The van der Waals surface area contributed by atoms with Crippen LogP contribution in [0.4, 0.5) is 0 Å². The standard InChI is InChI=1S/C18H18O4/c19-10-14-16(18(21)22)15(11-6-2-1-3-7-11)12-8-4-5-9-13(12)17(14)20/h1-9,14-17,19-20H,10H2,(H,21,22)/t14-,15-,16+,17+/m1/s1. The molecule has 1 aliphatic carbocycles. The molecule has 0 saturated heterocycles. The Bertz CT molecular complexity index is 668. The van der Waals surface area contributed by atoms with Gasteiger partial charge in [-0.15, -0.1) is 0 Å². The number of hydrogen-bond acceptors (Lipinski definition) is 3. The number of benzene rings is 2. The predicted octanol–water partition coefficient (Wildman–Crippen LogP) is 2.17. The zero-order valence-corrected chi connectivity index (χ0v) is 12.0. The van der Waals surface area contributed by atoms with Crippen molar-refractivity contribution in [3.05, 3.63) is 71.3 Å². The molecule has 3 rings (SSSR count). The van der Waals surface area contributed by atoms with Crippen LogP contribution < -0.4 is 0 Å². The first-order valence-electron chi connectivity index (χ1n) is 7.30. The number of carbonyl (C=O) groups is 1. The van der Waals surface area contributed by atoms with Gasteiger partial charge in [0.25, 0.3) is 0 Å². The highest BCUT2D eigenvalue weighted by Crippen LogP contribution is 2.48. The van der Waals surface area contributed by atoms with Crippen molar-refractivity contribution in [2.24, 2.45) is 11.8 Å². The van der Waals surface area contributed by atoms with Gasteiger partial charge in [-0.25, -0.2) is 0 Å². The van der Waals surface area contributed by atoms with Crippen LogP contribution in [0.15, 0.2) is 54.6 Å². The van der Waals surface area contributed by atoms with E-state index in [4.69, 9.17) is 0 Å². The first kappa shape index (κ1) is 14.8. The quantitative estimate of drug-likeness (QED) is 0.811. The van der Waals surface area contributed by atoms with Gasteiger partial charge in [0, 0.05) is 18.4 Å². The Kier molecular flexibility index (Phi) is 3.96. The molecule has 22 heavy (non-hydrogen) atoms. The van der Waals surface area contributed by atoms with Crippen molar-refractivity contribution < 1.29 is 20.1 Å². The normalized spacial score (nSPS) is 27.2. The largest absolute Gasteiger partial charge is 0.481 e. The lowest BCUT2D eigenvalue weighted by Gasteiger charge is -2.40. The van der Waals surface area contributed by atoms with Crippen LogP contribution in [-0.2, 0) is 4.79 Å². The van der Waals surface area contributed by atoms with Crippen LogP contribution in [0.3, 0.4) is 0 Å². The molecule has 0 fully saturated rings. The van der Waals surface area contributed by atoms with Gasteiger partial charge >= 0.3 is 5.97 Å². The van der Waals surface area contributed by atoms with E-state index in [1.165, 1.54) is 0 Å². The minimum atomic E-state index is -0.999. The van der Waals surface area contributed by atoms with Crippen molar-refractivity contribution in [3.8, 4) is 0 Å². The fourth-order valence-electron chi connectivity index (χ4n) is 3.52. The zero-order valence-electron chi connectivity index (χ0n) is 12.0. The molecule has 0 aliphatic heterocycles. The molecule has 2 aromatic rings. The van der Waals surface area contributed by atoms with Crippen LogP contribution in [0.2, 0.25) is 0 Å². The second-order valence-electron chi connectivity index (χ2n) is 5.67.